The molecule has 1 unspecified atom stereocenters. The van der Waals surface area contributed by atoms with Gasteiger partial charge in [-0.15, -0.1) is 0 Å². The van der Waals surface area contributed by atoms with Crippen molar-refractivity contribution in [2.45, 2.75) is 25.7 Å². The minimum Gasteiger partial charge on any atom is -0.306 e. The number of rotatable bonds is 4. The average molecular weight is 297 g/mol. The zero-order valence-corrected chi connectivity index (χ0v) is 11.4. The van der Waals surface area contributed by atoms with Crippen LogP contribution in [0, 0.1) is 5.82 Å². The number of nitrogens with one attached hydrogen (secondary N) is 1. The fraction of sp³-hybridized carbons (Fsp3) is 0.250. The van der Waals surface area contributed by atoms with Crippen LogP contribution in [0.5, 0.6) is 0 Å². The van der Waals surface area contributed by atoms with Crippen LogP contribution in [0.1, 0.15) is 29.7 Å². The van der Waals surface area contributed by atoms with Gasteiger partial charge in [0.2, 0.25) is 0 Å². The number of alkyl halides is 3. The molecule has 1 atom stereocenters. The van der Waals surface area contributed by atoms with Gasteiger partial charge in [0.1, 0.15) is 5.82 Å². The van der Waals surface area contributed by atoms with Gasteiger partial charge in [-0.1, -0.05) is 24.3 Å². The first-order chi connectivity index (χ1) is 9.86. The molecule has 112 valence electrons. The number of hydrogen-bond acceptors (Lipinski definition) is 1. The molecule has 0 spiro atoms. The third-order valence-corrected chi connectivity index (χ3v) is 3.24. The van der Waals surface area contributed by atoms with E-state index < -0.39 is 11.7 Å². The Morgan fingerprint density at radius 3 is 2.33 bits per heavy atom. The summed E-state index contributed by atoms with van der Waals surface area (Å²) in [5, 5.41) is 3.12. The Morgan fingerprint density at radius 2 is 1.71 bits per heavy atom. The van der Waals surface area contributed by atoms with Crippen LogP contribution in [0.2, 0.25) is 0 Å². The molecule has 2 aromatic carbocycles. The fourth-order valence-electron chi connectivity index (χ4n) is 1.98. The van der Waals surface area contributed by atoms with Crippen LogP contribution in [0.25, 0.3) is 0 Å². The van der Waals surface area contributed by atoms with Gasteiger partial charge in [0, 0.05) is 12.6 Å². The lowest BCUT2D eigenvalue weighted by molar-refractivity contribution is -0.137. The van der Waals surface area contributed by atoms with Crippen LogP contribution < -0.4 is 5.32 Å². The largest absolute Gasteiger partial charge is 0.416 e. The second-order valence-electron chi connectivity index (χ2n) is 4.85. The molecule has 1 N–H and O–H groups in total. The predicted molar refractivity (Wildman–Crippen MR) is 73.1 cm³/mol. The highest BCUT2D eigenvalue weighted by Gasteiger charge is 2.30. The highest BCUT2D eigenvalue weighted by molar-refractivity contribution is 5.28. The van der Waals surface area contributed by atoms with Crippen molar-refractivity contribution in [3.8, 4) is 0 Å². The van der Waals surface area contributed by atoms with Crippen LogP contribution in [0.3, 0.4) is 0 Å². The minimum atomic E-state index is -4.34. The fourth-order valence-corrected chi connectivity index (χ4v) is 1.98. The van der Waals surface area contributed by atoms with Gasteiger partial charge in [0.05, 0.1) is 5.56 Å². The van der Waals surface area contributed by atoms with E-state index in [4.69, 9.17) is 0 Å². The molecule has 1 nitrogen and oxygen atoms in total. The Morgan fingerprint density at radius 1 is 1.05 bits per heavy atom. The molecule has 0 saturated carbocycles. The third kappa shape index (κ3) is 4.29. The summed E-state index contributed by atoms with van der Waals surface area (Å²) in [7, 11) is 0. The quantitative estimate of drug-likeness (QED) is 0.807. The van der Waals surface area contributed by atoms with E-state index in [0.717, 1.165) is 17.7 Å². The van der Waals surface area contributed by atoms with Gasteiger partial charge in [-0.25, -0.2) is 4.39 Å². The lowest BCUT2D eigenvalue weighted by Crippen LogP contribution is -2.18. The van der Waals surface area contributed by atoms with Crippen molar-refractivity contribution in [2.75, 3.05) is 0 Å². The van der Waals surface area contributed by atoms with Crippen molar-refractivity contribution in [2.24, 2.45) is 0 Å². The van der Waals surface area contributed by atoms with E-state index in [-0.39, 0.29) is 11.9 Å². The summed E-state index contributed by atoms with van der Waals surface area (Å²) >= 11 is 0. The van der Waals surface area contributed by atoms with Gasteiger partial charge in [0.25, 0.3) is 0 Å². The van der Waals surface area contributed by atoms with Crippen LogP contribution in [-0.2, 0) is 12.7 Å². The Balaban J connectivity index is 2.03. The second kappa shape index (κ2) is 6.26. The van der Waals surface area contributed by atoms with E-state index in [1.165, 1.54) is 18.2 Å². The topological polar surface area (TPSA) is 12.0 Å². The maximum absolute atomic E-state index is 12.8. The molecule has 0 aliphatic carbocycles. The highest BCUT2D eigenvalue weighted by atomic mass is 19.4. The summed E-state index contributed by atoms with van der Waals surface area (Å²) in [5.74, 6) is -0.315. The molecule has 2 rings (SSSR count). The van der Waals surface area contributed by atoms with Gasteiger partial charge in [0.15, 0.2) is 0 Å². The minimum absolute atomic E-state index is 0.239. The van der Waals surface area contributed by atoms with Crippen molar-refractivity contribution >= 4 is 0 Å². The molecule has 0 aliphatic heterocycles. The first-order valence-electron chi connectivity index (χ1n) is 6.51. The molecule has 0 aliphatic rings. The summed E-state index contributed by atoms with van der Waals surface area (Å²) in [6, 6.07) is 11.0. The Labute approximate surface area is 120 Å². The zero-order valence-electron chi connectivity index (χ0n) is 11.4. The third-order valence-electron chi connectivity index (χ3n) is 3.24. The van der Waals surface area contributed by atoms with E-state index in [2.05, 4.69) is 5.32 Å². The van der Waals surface area contributed by atoms with Crippen molar-refractivity contribution < 1.29 is 17.6 Å². The zero-order chi connectivity index (χ0) is 15.5. The van der Waals surface area contributed by atoms with Gasteiger partial charge in [-0.3, -0.25) is 0 Å². The van der Waals surface area contributed by atoms with E-state index in [1.807, 2.05) is 0 Å². The summed E-state index contributed by atoms with van der Waals surface area (Å²) in [5.41, 5.74) is 0.776. The van der Waals surface area contributed by atoms with Crippen molar-refractivity contribution in [1.29, 1.82) is 0 Å². The number of halogens is 4. The standard InChI is InChI=1S/C16H15F4N/c1-11(21-10-12-5-7-15(17)8-6-12)13-3-2-4-14(9-13)16(18,19)20/h2-9,11,21H,10H2,1H3. The van der Waals surface area contributed by atoms with Crippen LogP contribution in [0.15, 0.2) is 48.5 Å². The number of hydrogen-bond donors (Lipinski definition) is 1. The molecule has 5 heteroatoms. The van der Waals surface area contributed by atoms with Gasteiger partial charge < -0.3 is 5.32 Å². The van der Waals surface area contributed by atoms with Gasteiger partial charge >= 0.3 is 6.18 Å². The molecule has 0 radical (unpaired) electrons. The molecule has 0 amide bonds. The maximum atomic E-state index is 12.8. The van der Waals surface area contributed by atoms with Crippen LogP contribution in [-0.4, -0.2) is 0 Å². The summed E-state index contributed by atoms with van der Waals surface area (Å²) in [6.45, 7) is 2.25. The normalized spacial score (nSPS) is 13.2. The number of benzene rings is 2. The van der Waals surface area contributed by atoms with E-state index in [1.54, 1.807) is 25.1 Å². The first kappa shape index (κ1) is 15.5. The molecular weight excluding hydrogens is 282 g/mol. The second-order valence-corrected chi connectivity index (χ2v) is 4.85. The van der Waals surface area contributed by atoms with Crippen LogP contribution >= 0.6 is 0 Å². The smallest absolute Gasteiger partial charge is 0.306 e. The van der Waals surface area contributed by atoms with Gasteiger partial charge in [-0.05, 0) is 42.3 Å². The van der Waals surface area contributed by atoms with Crippen LogP contribution in [0.4, 0.5) is 17.6 Å². The average Bonchev–Trinajstić information content (AvgIpc) is 2.45. The van der Waals surface area contributed by atoms with E-state index in [0.29, 0.717) is 12.1 Å². The lowest BCUT2D eigenvalue weighted by Gasteiger charge is -2.16. The summed E-state index contributed by atoms with van der Waals surface area (Å²) in [6.07, 6.45) is -4.34. The van der Waals surface area contributed by atoms with Gasteiger partial charge in [-0.2, -0.15) is 13.2 Å². The first-order valence-corrected chi connectivity index (χ1v) is 6.51. The van der Waals surface area contributed by atoms with E-state index in [9.17, 15) is 17.6 Å². The van der Waals surface area contributed by atoms with Crippen molar-refractivity contribution in [3.63, 3.8) is 0 Å². The monoisotopic (exact) mass is 297 g/mol. The highest BCUT2D eigenvalue weighted by Crippen LogP contribution is 2.30. The molecule has 0 saturated heterocycles. The maximum Gasteiger partial charge on any atom is 0.416 e. The van der Waals surface area contributed by atoms with Crippen molar-refractivity contribution in [1.82, 2.24) is 5.32 Å². The molecule has 0 heterocycles. The lowest BCUT2D eigenvalue weighted by atomic mass is 10.0. The van der Waals surface area contributed by atoms with Crippen molar-refractivity contribution in [3.05, 3.63) is 71.0 Å². The summed E-state index contributed by atoms with van der Waals surface area (Å²) < 4.78 is 50.8. The molecule has 0 aromatic heterocycles. The molecule has 21 heavy (non-hydrogen) atoms. The molecule has 2 aromatic rings. The molecular formula is C16H15F4N. The Kier molecular flexibility index (Phi) is 4.63. The predicted octanol–water partition coefficient (Wildman–Crippen LogP) is 4.70. The summed E-state index contributed by atoms with van der Waals surface area (Å²) in [4.78, 5) is 0. The SMILES string of the molecule is CC(NCc1ccc(F)cc1)c1cccc(C(F)(F)F)c1. The Hall–Kier alpha value is -1.88. The molecule has 0 bridgehead atoms. The Bertz CT molecular complexity index is 590. The van der Waals surface area contributed by atoms with E-state index >= 15 is 0 Å². The molecule has 0 fully saturated rings.